The maximum Gasteiger partial charge on any atom is 0.0753 e. The Morgan fingerprint density at radius 1 is 1.31 bits per heavy atom. The van der Waals surface area contributed by atoms with E-state index in [-0.39, 0.29) is 5.41 Å². The maximum absolute atomic E-state index is 9.36. The van der Waals surface area contributed by atoms with Crippen LogP contribution in [-0.2, 0) is 0 Å². The molecule has 0 heterocycles. The van der Waals surface area contributed by atoms with Crippen LogP contribution in [0.1, 0.15) is 59.8 Å². The molecule has 1 aliphatic carbocycles. The summed E-state index contributed by atoms with van der Waals surface area (Å²) in [4.78, 5) is 0. The summed E-state index contributed by atoms with van der Waals surface area (Å²) < 4.78 is 0. The molecule has 0 unspecified atom stereocenters. The van der Waals surface area contributed by atoms with E-state index in [2.05, 4.69) is 45.9 Å². The number of hydrogen-bond donors (Lipinski definition) is 0. The lowest BCUT2D eigenvalue weighted by Gasteiger charge is -2.39. The minimum atomic E-state index is -0.155. The molecule has 0 amide bonds. The Morgan fingerprint density at radius 2 is 1.88 bits per heavy atom. The summed E-state index contributed by atoms with van der Waals surface area (Å²) in [5, 5.41) is 9.36. The average Bonchev–Trinajstić information content (AvgIpc) is 2.26. The third kappa shape index (κ3) is 3.11. The van der Waals surface area contributed by atoms with Gasteiger partial charge in [-0.2, -0.15) is 5.26 Å². The lowest BCUT2D eigenvalue weighted by molar-refractivity contribution is 0.141. The average molecular weight is 219 g/mol. The van der Waals surface area contributed by atoms with Crippen LogP contribution in [0.5, 0.6) is 0 Å². The van der Waals surface area contributed by atoms with Gasteiger partial charge in [-0.05, 0) is 43.4 Å². The third-order valence-electron chi connectivity index (χ3n) is 4.00. The van der Waals surface area contributed by atoms with Crippen molar-refractivity contribution < 1.29 is 0 Å². The lowest BCUT2D eigenvalue weighted by Crippen LogP contribution is -2.30. The van der Waals surface area contributed by atoms with Crippen molar-refractivity contribution in [3.8, 4) is 6.07 Å². The van der Waals surface area contributed by atoms with Crippen molar-refractivity contribution in [2.45, 2.75) is 59.8 Å². The van der Waals surface area contributed by atoms with Crippen LogP contribution in [-0.4, -0.2) is 0 Å². The molecule has 1 rings (SSSR count). The second kappa shape index (κ2) is 5.04. The van der Waals surface area contributed by atoms with Crippen molar-refractivity contribution in [2.24, 2.45) is 16.7 Å². The molecular weight excluding hydrogens is 194 g/mol. The van der Waals surface area contributed by atoms with Crippen molar-refractivity contribution in [1.82, 2.24) is 0 Å². The predicted octanol–water partition coefficient (Wildman–Crippen LogP) is 4.70. The monoisotopic (exact) mass is 219 g/mol. The second-order valence-corrected chi connectivity index (χ2v) is 6.22. The van der Waals surface area contributed by atoms with E-state index in [1.165, 1.54) is 12.8 Å². The highest BCUT2D eigenvalue weighted by atomic mass is 14.4. The Bertz CT molecular complexity index is 280. The van der Waals surface area contributed by atoms with Gasteiger partial charge in [-0.3, -0.25) is 0 Å². The van der Waals surface area contributed by atoms with E-state index < -0.39 is 0 Å². The molecule has 1 nitrogen and oxygen atoms in total. The maximum atomic E-state index is 9.36. The first-order valence-corrected chi connectivity index (χ1v) is 6.52. The van der Waals surface area contributed by atoms with Crippen LogP contribution in [0.4, 0.5) is 0 Å². The molecule has 16 heavy (non-hydrogen) atoms. The molecule has 0 aromatic carbocycles. The van der Waals surface area contributed by atoms with Gasteiger partial charge in [-0.15, -0.1) is 0 Å². The molecule has 0 radical (unpaired) electrons. The van der Waals surface area contributed by atoms with Crippen molar-refractivity contribution in [3.63, 3.8) is 0 Å². The molecule has 1 aliphatic rings. The first-order chi connectivity index (χ1) is 7.43. The Kier molecular flexibility index (Phi) is 4.19. The molecule has 0 saturated heterocycles. The number of nitrogens with zero attached hydrogens (tertiary/aromatic N) is 1. The van der Waals surface area contributed by atoms with Gasteiger partial charge in [0.15, 0.2) is 0 Å². The Labute approximate surface area is 101 Å². The lowest BCUT2D eigenvalue weighted by atomic mass is 9.64. The number of allylic oxidation sites excluding steroid dienone is 2. The topological polar surface area (TPSA) is 23.8 Å². The molecule has 0 N–H and O–H groups in total. The van der Waals surface area contributed by atoms with Gasteiger partial charge in [0.25, 0.3) is 0 Å². The molecule has 0 atom stereocenters. The highest BCUT2D eigenvalue weighted by Crippen LogP contribution is 2.45. The third-order valence-corrected chi connectivity index (χ3v) is 4.00. The summed E-state index contributed by atoms with van der Waals surface area (Å²) in [6.07, 6.45) is 9.83. The van der Waals surface area contributed by atoms with E-state index in [1.807, 2.05) is 0 Å². The first-order valence-electron chi connectivity index (χ1n) is 6.52. The van der Waals surface area contributed by atoms with Crippen LogP contribution in [0.25, 0.3) is 0 Å². The van der Waals surface area contributed by atoms with Gasteiger partial charge in [0.05, 0.1) is 11.5 Å². The van der Waals surface area contributed by atoms with Gasteiger partial charge < -0.3 is 0 Å². The molecule has 90 valence electrons. The van der Waals surface area contributed by atoms with E-state index in [4.69, 9.17) is 0 Å². The minimum Gasteiger partial charge on any atom is -0.197 e. The van der Waals surface area contributed by atoms with Crippen molar-refractivity contribution in [2.75, 3.05) is 0 Å². The van der Waals surface area contributed by atoms with Gasteiger partial charge in [-0.25, -0.2) is 0 Å². The molecule has 0 aromatic heterocycles. The summed E-state index contributed by atoms with van der Waals surface area (Å²) in [6.45, 7) is 9.08. The quantitative estimate of drug-likeness (QED) is 0.618. The highest BCUT2D eigenvalue weighted by Gasteiger charge is 2.37. The predicted molar refractivity (Wildman–Crippen MR) is 68.9 cm³/mol. The SMILES string of the molecule is CC/C=C\C1(C#N)CCC(C(C)(C)C)CC1. The molecule has 1 heteroatoms. The zero-order chi connectivity index (χ0) is 12.2. The minimum absolute atomic E-state index is 0.155. The van der Waals surface area contributed by atoms with Gasteiger partial charge in [0.2, 0.25) is 0 Å². The van der Waals surface area contributed by atoms with Crippen molar-refractivity contribution in [1.29, 1.82) is 5.26 Å². The zero-order valence-corrected chi connectivity index (χ0v) is 11.2. The van der Waals surface area contributed by atoms with E-state index in [0.717, 1.165) is 25.2 Å². The smallest absolute Gasteiger partial charge is 0.0753 e. The van der Waals surface area contributed by atoms with Crippen LogP contribution in [0.15, 0.2) is 12.2 Å². The molecule has 0 spiro atoms. The van der Waals surface area contributed by atoms with Gasteiger partial charge in [0, 0.05) is 0 Å². The van der Waals surface area contributed by atoms with Crippen LogP contribution >= 0.6 is 0 Å². The zero-order valence-electron chi connectivity index (χ0n) is 11.2. The Balaban J connectivity index is 2.65. The number of rotatable bonds is 2. The molecule has 1 saturated carbocycles. The summed E-state index contributed by atoms with van der Waals surface area (Å²) in [6, 6.07) is 2.54. The van der Waals surface area contributed by atoms with Crippen molar-refractivity contribution in [3.05, 3.63) is 12.2 Å². The second-order valence-electron chi connectivity index (χ2n) is 6.22. The Morgan fingerprint density at radius 3 is 2.25 bits per heavy atom. The fraction of sp³-hybridized carbons (Fsp3) is 0.800. The van der Waals surface area contributed by atoms with Crippen LogP contribution < -0.4 is 0 Å². The van der Waals surface area contributed by atoms with Crippen LogP contribution in [0.2, 0.25) is 0 Å². The molecule has 0 bridgehead atoms. The van der Waals surface area contributed by atoms with Gasteiger partial charge in [0.1, 0.15) is 0 Å². The van der Waals surface area contributed by atoms with E-state index in [1.54, 1.807) is 0 Å². The Hall–Kier alpha value is -0.770. The first kappa shape index (κ1) is 13.3. The van der Waals surface area contributed by atoms with Crippen LogP contribution in [0, 0.1) is 28.1 Å². The molecule has 0 aromatic rings. The fourth-order valence-electron chi connectivity index (χ4n) is 2.66. The van der Waals surface area contributed by atoms with Gasteiger partial charge >= 0.3 is 0 Å². The normalized spacial score (nSPS) is 31.6. The number of nitriles is 1. The highest BCUT2D eigenvalue weighted by molar-refractivity contribution is 5.14. The number of hydrogen-bond acceptors (Lipinski definition) is 1. The summed E-state index contributed by atoms with van der Waals surface area (Å²) in [5.74, 6) is 0.781. The van der Waals surface area contributed by atoms with E-state index in [0.29, 0.717) is 5.41 Å². The van der Waals surface area contributed by atoms with Crippen LogP contribution in [0.3, 0.4) is 0 Å². The summed E-state index contributed by atoms with van der Waals surface area (Å²) in [7, 11) is 0. The standard InChI is InChI=1S/C15H25N/c1-5-6-9-15(12-16)10-7-13(8-11-15)14(2,3)4/h6,9,13H,5,7-8,10-11H2,1-4H3/b9-6-. The largest absolute Gasteiger partial charge is 0.197 e. The van der Waals surface area contributed by atoms with Crippen molar-refractivity contribution >= 4 is 0 Å². The molecular formula is C15H25N. The fourth-order valence-corrected chi connectivity index (χ4v) is 2.66. The van der Waals surface area contributed by atoms with E-state index >= 15 is 0 Å². The molecule has 0 aliphatic heterocycles. The summed E-state index contributed by atoms with van der Waals surface area (Å²) in [5.41, 5.74) is 0.244. The van der Waals surface area contributed by atoms with Gasteiger partial charge in [-0.1, -0.05) is 39.8 Å². The molecule has 1 fully saturated rings. The van der Waals surface area contributed by atoms with E-state index in [9.17, 15) is 5.26 Å². The summed E-state index contributed by atoms with van der Waals surface area (Å²) >= 11 is 0.